The summed E-state index contributed by atoms with van der Waals surface area (Å²) in [5.74, 6) is 0.716. The molecule has 2 bridgehead atoms. The van der Waals surface area contributed by atoms with Gasteiger partial charge in [0.05, 0.1) is 12.2 Å². The number of likely N-dealkylation sites (tertiary alicyclic amines) is 1. The fourth-order valence-electron chi connectivity index (χ4n) is 3.85. The molecule has 3 heterocycles. The summed E-state index contributed by atoms with van der Waals surface area (Å²) < 4.78 is 11.6. The second-order valence-electron chi connectivity index (χ2n) is 6.19. The highest BCUT2D eigenvalue weighted by atomic mass is 127. The van der Waals surface area contributed by atoms with Crippen LogP contribution >= 0.6 is 24.0 Å². The molecular formula is C17H20INO4. The molecule has 3 aliphatic rings. The second kappa shape index (κ2) is 6.78. The molecule has 23 heavy (non-hydrogen) atoms. The Morgan fingerprint density at radius 3 is 2.52 bits per heavy atom. The Balaban J connectivity index is 0.00000156. The van der Waals surface area contributed by atoms with Crippen LogP contribution in [0.4, 0.5) is 0 Å². The molecule has 3 aliphatic heterocycles. The number of ether oxygens (including phenoxy) is 2. The van der Waals surface area contributed by atoms with E-state index >= 15 is 0 Å². The van der Waals surface area contributed by atoms with E-state index in [1.165, 1.54) is 0 Å². The van der Waals surface area contributed by atoms with Crippen LogP contribution in [0.1, 0.15) is 10.4 Å². The molecule has 5 nitrogen and oxygen atoms in total. The van der Waals surface area contributed by atoms with E-state index in [9.17, 15) is 4.79 Å². The van der Waals surface area contributed by atoms with Gasteiger partial charge in [-0.05, 0) is 12.1 Å². The van der Waals surface area contributed by atoms with Crippen LogP contribution in [0.5, 0.6) is 5.75 Å². The number of aromatic carboxylic acids is 1. The smallest absolute Gasteiger partial charge is 0.339 e. The minimum atomic E-state index is -0.953. The van der Waals surface area contributed by atoms with Crippen molar-refractivity contribution >= 4 is 29.9 Å². The first kappa shape index (κ1) is 16.7. The Morgan fingerprint density at radius 2 is 1.87 bits per heavy atom. The summed E-state index contributed by atoms with van der Waals surface area (Å²) in [6, 6.07) is 6.78. The van der Waals surface area contributed by atoms with Gasteiger partial charge in [0.2, 0.25) is 0 Å². The molecule has 1 aromatic carbocycles. The van der Waals surface area contributed by atoms with Crippen molar-refractivity contribution in [2.45, 2.75) is 12.2 Å². The number of benzene rings is 1. The van der Waals surface area contributed by atoms with Crippen LogP contribution in [-0.2, 0) is 4.74 Å². The summed E-state index contributed by atoms with van der Waals surface area (Å²) >= 11 is 0. The number of halogens is 1. The van der Waals surface area contributed by atoms with Crippen molar-refractivity contribution in [3.63, 3.8) is 0 Å². The molecule has 4 atom stereocenters. The Bertz CT molecular complexity index is 600. The summed E-state index contributed by atoms with van der Waals surface area (Å²) in [5, 5.41) is 9.14. The number of carboxylic acid groups (broad SMARTS) is 1. The van der Waals surface area contributed by atoms with E-state index in [0.717, 1.165) is 19.6 Å². The highest BCUT2D eigenvalue weighted by Crippen LogP contribution is 2.43. The number of para-hydroxylation sites is 1. The Labute approximate surface area is 152 Å². The van der Waals surface area contributed by atoms with Gasteiger partial charge in [0.15, 0.2) is 0 Å². The number of hydrogen-bond donors (Lipinski definition) is 1. The monoisotopic (exact) mass is 429 g/mol. The van der Waals surface area contributed by atoms with E-state index in [-0.39, 0.29) is 29.5 Å². The van der Waals surface area contributed by atoms with Gasteiger partial charge in [0.1, 0.15) is 17.9 Å². The van der Waals surface area contributed by atoms with Gasteiger partial charge in [-0.3, -0.25) is 4.90 Å². The molecule has 2 fully saturated rings. The molecule has 0 saturated carbocycles. The first-order valence-electron chi connectivity index (χ1n) is 7.73. The number of carbonyl (C=O) groups is 1. The first-order chi connectivity index (χ1) is 10.7. The molecule has 0 spiro atoms. The van der Waals surface area contributed by atoms with Gasteiger partial charge in [-0.25, -0.2) is 4.79 Å². The normalized spacial score (nSPS) is 31.0. The first-order valence-corrected chi connectivity index (χ1v) is 7.73. The predicted octanol–water partition coefficient (Wildman–Crippen LogP) is 2.27. The maximum Gasteiger partial charge on any atom is 0.339 e. The second-order valence-corrected chi connectivity index (χ2v) is 6.19. The number of nitrogens with zero attached hydrogens (tertiary/aromatic N) is 1. The van der Waals surface area contributed by atoms with Crippen LogP contribution in [-0.4, -0.2) is 54.4 Å². The van der Waals surface area contributed by atoms with Gasteiger partial charge >= 0.3 is 5.97 Å². The molecule has 4 rings (SSSR count). The summed E-state index contributed by atoms with van der Waals surface area (Å²) in [6.45, 7) is 3.41. The lowest BCUT2D eigenvalue weighted by molar-refractivity contribution is 0.0689. The number of carboxylic acids is 1. The summed E-state index contributed by atoms with van der Waals surface area (Å²) in [4.78, 5) is 13.5. The third-order valence-corrected chi connectivity index (χ3v) is 4.92. The number of fused-ring (bicyclic) bond motifs is 5. The van der Waals surface area contributed by atoms with Crippen molar-refractivity contribution in [2.24, 2.45) is 11.8 Å². The van der Waals surface area contributed by atoms with Gasteiger partial charge in [0, 0.05) is 31.5 Å². The zero-order valence-electron chi connectivity index (χ0n) is 12.6. The van der Waals surface area contributed by atoms with Crippen molar-refractivity contribution in [1.29, 1.82) is 0 Å². The van der Waals surface area contributed by atoms with E-state index in [4.69, 9.17) is 14.6 Å². The molecule has 0 radical (unpaired) electrons. The molecule has 4 unspecified atom stereocenters. The number of rotatable bonds is 5. The van der Waals surface area contributed by atoms with Gasteiger partial charge in [-0.1, -0.05) is 24.3 Å². The molecule has 124 valence electrons. The quantitative estimate of drug-likeness (QED) is 0.575. The Kier molecular flexibility index (Phi) is 4.93. The zero-order valence-corrected chi connectivity index (χ0v) is 15.0. The van der Waals surface area contributed by atoms with Crippen LogP contribution in [0.25, 0.3) is 0 Å². The van der Waals surface area contributed by atoms with E-state index < -0.39 is 5.97 Å². The van der Waals surface area contributed by atoms with E-state index in [2.05, 4.69) is 17.1 Å². The fourth-order valence-corrected chi connectivity index (χ4v) is 3.85. The lowest BCUT2D eigenvalue weighted by atomic mass is 9.86. The third kappa shape index (κ3) is 3.12. The SMILES string of the molecule is I.O=C(O)c1ccccc1OCCN1CC2C3C=CC(O3)C2C1. The van der Waals surface area contributed by atoms with E-state index in [1.807, 2.05) is 0 Å². The van der Waals surface area contributed by atoms with Gasteiger partial charge in [0.25, 0.3) is 0 Å². The molecule has 1 aromatic rings. The topological polar surface area (TPSA) is 59.0 Å². The van der Waals surface area contributed by atoms with Crippen molar-refractivity contribution in [3.05, 3.63) is 42.0 Å². The Hall–Kier alpha value is -1.12. The van der Waals surface area contributed by atoms with Crippen molar-refractivity contribution < 1.29 is 19.4 Å². The largest absolute Gasteiger partial charge is 0.491 e. The maximum atomic E-state index is 11.1. The van der Waals surface area contributed by atoms with Gasteiger partial charge < -0.3 is 14.6 Å². The van der Waals surface area contributed by atoms with Crippen LogP contribution in [0, 0.1) is 11.8 Å². The zero-order chi connectivity index (χ0) is 15.1. The summed E-state index contributed by atoms with van der Waals surface area (Å²) in [6.07, 6.45) is 4.98. The molecule has 1 N–H and O–H groups in total. The molecule has 0 aromatic heterocycles. The third-order valence-electron chi connectivity index (χ3n) is 4.92. The minimum absolute atomic E-state index is 0. The van der Waals surface area contributed by atoms with Crippen LogP contribution in [0.15, 0.2) is 36.4 Å². The average Bonchev–Trinajstić information content (AvgIpc) is 3.20. The van der Waals surface area contributed by atoms with Gasteiger partial charge in [-0.2, -0.15) is 0 Å². The van der Waals surface area contributed by atoms with Crippen molar-refractivity contribution in [3.8, 4) is 5.75 Å². The standard InChI is InChI=1S/C17H19NO4.HI/c19-17(20)11-3-1-2-4-14(11)21-8-7-18-9-12-13(10-18)16-6-5-15(12)22-16;/h1-6,12-13,15-16H,7-10H2,(H,19,20);1H. The van der Waals surface area contributed by atoms with Crippen LogP contribution < -0.4 is 4.74 Å². The molecule has 0 amide bonds. The van der Waals surface area contributed by atoms with Crippen LogP contribution in [0.2, 0.25) is 0 Å². The maximum absolute atomic E-state index is 11.1. The van der Waals surface area contributed by atoms with Crippen molar-refractivity contribution in [1.82, 2.24) is 4.90 Å². The molecule has 0 aliphatic carbocycles. The van der Waals surface area contributed by atoms with Gasteiger partial charge in [-0.15, -0.1) is 24.0 Å². The summed E-state index contributed by atoms with van der Waals surface area (Å²) in [5.41, 5.74) is 0.219. The molecule has 2 saturated heterocycles. The minimum Gasteiger partial charge on any atom is -0.491 e. The predicted molar refractivity (Wildman–Crippen MR) is 95.5 cm³/mol. The lowest BCUT2D eigenvalue weighted by Gasteiger charge is -2.19. The highest BCUT2D eigenvalue weighted by molar-refractivity contribution is 14.0. The average molecular weight is 429 g/mol. The van der Waals surface area contributed by atoms with Crippen LogP contribution in [0.3, 0.4) is 0 Å². The van der Waals surface area contributed by atoms with E-state index in [0.29, 0.717) is 36.4 Å². The molecule has 6 heteroatoms. The lowest BCUT2D eigenvalue weighted by Crippen LogP contribution is -2.29. The number of hydrogen-bond acceptors (Lipinski definition) is 4. The highest BCUT2D eigenvalue weighted by Gasteiger charge is 2.50. The fraction of sp³-hybridized carbons (Fsp3) is 0.471. The summed E-state index contributed by atoms with van der Waals surface area (Å²) in [7, 11) is 0. The Morgan fingerprint density at radius 1 is 1.22 bits per heavy atom. The van der Waals surface area contributed by atoms with E-state index in [1.54, 1.807) is 24.3 Å². The van der Waals surface area contributed by atoms with Crippen molar-refractivity contribution in [2.75, 3.05) is 26.2 Å². The molecular weight excluding hydrogens is 409 g/mol.